The summed E-state index contributed by atoms with van der Waals surface area (Å²) in [4.78, 5) is 13.5. The maximum Gasteiger partial charge on any atom is 0.286 e. The summed E-state index contributed by atoms with van der Waals surface area (Å²) in [5.41, 5.74) is 7.40. The average Bonchev–Trinajstić information content (AvgIpc) is 3.55. The summed E-state index contributed by atoms with van der Waals surface area (Å²) in [5, 5.41) is 11.1. The fraction of sp³-hybridized carbons (Fsp3) is 0.259. The predicted octanol–water partition coefficient (Wildman–Crippen LogP) is 5.11. The van der Waals surface area contributed by atoms with Gasteiger partial charge in [-0.25, -0.2) is 14.1 Å². The molecule has 6 nitrogen and oxygen atoms in total. The molecule has 3 heterocycles. The SMILES string of the molecule is O=C(NN1CC2C=CCC2C1)c1nn(-c2ccc(Cl)cc2Cl)c2c1CNC/C2=C\c1ccc(F)cc1. The molecule has 9 heteroatoms. The standard InChI is InChI=1S/C27H24Cl2FN5O/c28-20-6-9-24(23(29)11-20)35-26-19(10-16-4-7-21(30)8-5-16)12-31-13-22(26)25(32-35)27(36)33-34-14-17-2-1-3-18(17)15-34/h1-2,4-11,17-18,31H,3,12-15H2,(H,33,36)/b19-10+. The summed E-state index contributed by atoms with van der Waals surface area (Å²) in [7, 11) is 0. The number of rotatable bonds is 4. The molecule has 2 aromatic carbocycles. The summed E-state index contributed by atoms with van der Waals surface area (Å²) in [5.74, 6) is 0.495. The summed E-state index contributed by atoms with van der Waals surface area (Å²) < 4.78 is 15.2. The van der Waals surface area contributed by atoms with E-state index in [0.717, 1.165) is 41.9 Å². The van der Waals surface area contributed by atoms with Crippen molar-refractivity contribution >= 4 is 40.8 Å². The highest BCUT2D eigenvalue weighted by Crippen LogP contribution is 2.34. The smallest absolute Gasteiger partial charge is 0.286 e. The number of carbonyl (C=O) groups is 1. The van der Waals surface area contributed by atoms with Gasteiger partial charge in [0.2, 0.25) is 0 Å². The van der Waals surface area contributed by atoms with Gasteiger partial charge in [-0.1, -0.05) is 47.5 Å². The van der Waals surface area contributed by atoms with Gasteiger partial charge in [0.15, 0.2) is 5.69 Å². The van der Waals surface area contributed by atoms with Crippen molar-refractivity contribution in [2.24, 2.45) is 11.8 Å². The molecule has 1 aliphatic carbocycles. The molecule has 1 aromatic heterocycles. The second-order valence-electron chi connectivity index (χ2n) is 9.44. The number of hydrogen-bond donors (Lipinski definition) is 2. The summed E-state index contributed by atoms with van der Waals surface area (Å²) in [6.07, 6.45) is 7.50. The van der Waals surface area contributed by atoms with E-state index in [0.29, 0.717) is 46.4 Å². The maximum absolute atomic E-state index is 13.5. The minimum atomic E-state index is -0.293. The number of nitrogens with zero attached hydrogens (tertiary/aromatic N) is 3. The molecule has 2 unspecified atom stereocenters. The number of hydrazine groups is 1. The van der Waals surface area contributed by atoms with Crippen molar-refractivity contribution in [1.29, 1.82) is 0 Å². The van der Waals surface area contributed by atoms with Gasteiger partial charge in [0.1, 0.15) is 5.82 Å². The number of amides is 1. The lowest BCUT2D eigenvalue weighted by atomic mass is 9.99. The van der Waals surface area contributed by atoms with Crippen LogP contribution in [0.4, 0.5) is 4.39 Å². The lowest BCUT2D eigenvalue weighted by Gasteiger charge is -2.20. The van der Waals surface area contributed by atoms with Gasteiger partial charge in [0, 0.05) is 36.8 Å². The van der Waals surface area contributed by atoms with Crippen LogP contribution in [-0.2, 0) is 6.54 Å². The number of fused-ring (bicyclic) bond motifs is 2. The minimum absolute atomic E-state index is 0.246. The van der Waals surface area contributed by atoms with Gasteiger partial charge in [0.25, 0.3) is 5.91 Å². The summed E-state index contributed by atoms with van der Waals surface area (Å²) >= 11 is 12.7. The number of allylic oxidation sites excluding steroid dienone is 1. The number of hydrogen-bond acceptors (Lipinski definition) is 4. The number of halogens is 3. The third kappa shape index (κ3) is 4.37. The first-order valence-corrected chi connectivity index (χ1v) is 12.7. The van der Waals surface area contributed by atoms with Gasteiger partial charge in [0.05, 0.1) is 16.4 Å². The molecule has 184 valence electrons. The first-order chi connectivity index (χ1) is 17.5. The molecule has 0 radical (unpaired) electrons. The summed E-state index contributed by atoms with van der Waals surface area (Å²) in [6.45, 7) is 2.66. The zero-order valence-electron chi connectivity index (χ0n) is 19.3. The van der Waals surface area contributed by atoms with Crippen LogP contribution in [0.15, 0.2) is 54.6 Å². The normalized spacial score (nSPS) is 22.1. The van der Waals surface area contributed by atoms with Gasteiger partial charge >= 0.3 is 0 Å². The van der Waals surface area contributed by atoms with E-state index in [1.807, 2.05) is 11.1 Å². The highest BCUT2D eigenvalue weighted by atomic mass is 35.5. The van der Waals surface area contributed by atoms with E-state index in [2.05, 4.69) is 22.9 Å². The van der Waals surface area contributed by atoms with Crippen molar-refractivity contribution in [1.82, 2.24) is 25.5 Å². The van der Waals surface area contributed by atoms with Crippen LogP contribution in [-0.4, -0.2) is 40.3 Å². The Bertz CT molecular complexity index is 1400. The van der Waals surface area contributed by atoms with E-state index in [-0.39, 0.29) is 11.7 Å². The highest BCUT2D eigenvalue weighted by Gasteiger charge is 2.35. The molecule has 2 atom stereocenters. The molecule has 1 amide bonds. The van der Waals surface area contributed by atoms with Crippen LogP contribution in [0.5, 0.6) is 0 Å². The van der Waals surface area contributed by atoms with E-state index < -0.39 is 0 Å². The van der Waals surface area contributed by atoms with E-state index in [4.69, 9.17) is 28.3 Å². The molecule has 1 saturated heterocycles. The van der Waals surface area contributed by atoms with E-state index in [9.17, 15) is 9.18 Å². The van der Waals surface area contributed by atoms with Gasteiger partial charge in [-0.2, -0.15) is 5.10 Å². The van der Waals surface area contributed by atoms with E-state index >= 15 is 0 Å². The predicted molar refractivity (Wildman–Crippen MR) is 139 cm³/mol. The molecule has 0 spiro atoms. The Morgan fingerprint density at radius 3 is 2.75 bits per heavy atom. The Balaban J connectivity index is 1.41. The number of aromatic nitrogens is 2. The number of carbonyl (C=O) groups excluding carboxylic acids is 1. The molecule has 36 heavy (non-hydrogen) atoms. The van der Waals surface area contributed by atoms with Crippen LogP contribution in [0.25, 0.3) is 17.3 Å². The quantitative estimate of drug-likeness (QED) is 0.466. The van der Waals surface area contributed by atoms with Crippen LogP contribution in [0.3, 0.4) is 0 Å². The fourth-order valence-corrected chi connectivity index (χ4v) is 5.81. The Morgan fingerprint density at radius 2 is 1.97 bits per heavy atom. The molecule has 3 aromatic rings. The van der Waals surface area contributed by atoms with Crippen LogP contribution in [0.1, 0.15) is 33.7 Å². The second-order valence-corrected chi connectivity index (χ2v) is 10.3. The van der Waals surface area contributed by atoms with E-state index in [1.54, 1.807) is 35.0 Å². The largest absolute Gasteiger partial charge is 0.308 e. The fourth-order valence-electron chi connectivity index (χ4n) is 5.32. The first-order valence-electron chi connectivity index (χ1n) is 11.9. The second kappa shape index (κ2) is 9.48. The van der Waals surface area contributed by atoms with Gasteiger partial charge < -0.3 is 5.32 Å². The molecule has 3 aliphatic rings. The Kier molecular flexibility index (Phi) is 6.17. The van der Waals surface area contributed by atoms with Gasteiger partial charge in [-0.05, 0) is 65.8 Å². The van der Waals surface area contributed by atoms with Crippen LogP contribution >= 0.6 is 23.2 Å². The van der Waals surface area contributed by atoms with Crippen LogP contribution in [0.2, 0.25) is 10.0 Å². The van der Waals surface area contributed by atoms with Crippen LogP contribution < -0.4 is 10.7 Å². The summed E-state index contributed by atoms with van der Waals surface area (Å²) in [6, 6.07) is 11.5. The Hall–Kier alpha value is -2.97. The highest BCUT2D eigenvalue weighted by molar-refractivity contribution is 6.35. The van der Waals surface area contributed by atoms with Gasteiger partial charge in [-0.3, -0.25) is 10.2 Å². The molecule has 2 aliphatic heterocycles. The monoisotopic (exact) mass is 523 g/mol. The molecular formula is C27H24Cl2FN5O. The lowest BCUT2D eigenvalue weighted by molar-refractivity contribution is 0.0811. The molecule has 1 fully saturated rings. The minimum Gasteiger partial charge on any atom is -0.308 e. The molecule has 0 saturated carbocycles. The molecule has 6 rings (SSSR count). The number of benzene rings is 2. The zero-order valence-corrected chi connectivity index (χ0v) is 20.9. The maximum atomic E-state index is 13.5. The van der Waals surface area contributed by atoms with Gasteiger partial charge in [-0.15, -0.1) is 0 Å². The third-order valence-electron chi connectivity index (χ3n) is 7.04. The third-order valence-corrected chi connectivity index (χ3v) is 7.58. The van der Waals surface area contributed by atoms with Crippen molar-refractivity contribution in [2.75, 3.05) is 19.6 Å². The lowest BCUT2D eigenvalue weighted by Crippen LogP contribution is -2.41. The topological polar surface area (TPSA) is 62.2 Å². The zero-order chi connectivity index (χ0) is 24.8. The molecule has 2 N–H and O–H groups in total. The van der Waals surface area contributed by atoms with Crippen molar-refractivity contribution in [3.05, 3.63) is 93.0 Å². The van der Waals surface area contributed by atoms with Crippen molar-refractivity contribution in [2.45, 2.75) is 13.0 Å². The van der Waals surface area contributed by atoms with Crippen LogP contribution in [0, 0.1) is 17.7 Å². The van der Waals surface area contributed by atoms with Crippen molar-refractivity contribution in [3.8, 4) is 5.69 Å². The number of nitrogens with one attached hydrogen (secondary N) is 2. The van der Waals surface area contributed by atoms with E-state index in [1.165, 1.54) is 12.1 Å². The van der Waals surface area contributed by atoms with Crippen molar-refractivity contribution < 1.29 is 9.18 Å². The van der Waals surface area contributed by atoms with Crippen molar-refractivity contribution in [3.63, 3.8) is 0 Å². The molecular weight excluding hydrogens is 500 g/mol. The first kappa shape index (κ1) is 23.4. The molecule has 0 bridgehead atoms. The Labute approximate surface area is 218 Å². The Morgan fingerprint density at radius 1 is 1.14 bits per heavy atom. The average molecular weight is 524 g/mol.